The Balaban J connectivity index is 1.69. The highest BCUT2D eigenvalue weighted by Gasteiger charge is 2.10. The van der Waals surface area contributed by atoms with Gasteiger partial charge in [0.05, 0.1) is 23.3 Å². The van der Waals surface area contributed by atoms with Crippen LogP contribution in [-0.4, -0.2) is 24.3 Å². The molecule has 0 radical (unpaired) electrons. The van der Waals surface area contributed by atoms with Crippen LogP contribution in [0.2, 0.25) is 0 Å². The van der Waals surface area contributed by atoms with Crippen LogP contribution in [0, 0.1) is 0 Å². The summed E-state index contributed by atoms with van der Waals surface area (Å²) in [5.41, 5.74) is 1.36. The van der Waals surface area contributed by atoms with E-state index in [1.54, 1.807) is 51.5 Å². The standard InChI is InChI=1S/C14H11N5OS2/c1-18-12-10(5-16-18)14(20)19(8-15-12)6-9-7-22-13(17-9)11-3-2-4-21-11/h2-5,7-8H,6H2,1H3. The molecule has 0 aliphatic heterocycles. The van der Waals surface area contributed by atoms with Crippen molar-refractivity contribution in [1.82, 2.24) is 24.3 Å². The Bertz CT molecular complexity index is 996. The molecule has 4 aromatic rings. The summed E-state index contributed by atoms with van der Waals surface area (Å²) in [5.74, 6) is 0. The minimum absolute atomic E-state index is 0.0937. The van der Waals surface area contributed by atoms with Gasteiger partial charge in [-0.15, -0.1) is 22.7 Å². The molecule has 0 saturated carbocycles. The normalized spacial score (nSPS) is 11.3. The maximum Gasteiger partial charge on any atom is 0.264 e. The number of aryl methyl sites for hydroxylation is 1. The van der Waals surface area contributed by atoms with Gasteiger partial charge in [-0.1, -0.05) is 6.07 Å². The largest absolute Gasteiger partial charge is 0.292 e. The Hall–Kier alpha value is -2.32. The van der Waals surface area contributed by atoms with Gasteiger partial charge in [0.2, 0.25) is 0 Å². The molecule has 110 valence electrons. The van der Waals surface area contributed by atoms with Gasteiger partial charge in [0.25, 0.3) is 5.56 Å². The first-order valence-electron chi connectivity index (χ1n) is 6.58. The number of hydrogen-bond acceptors (Lipinski definition) is 6. The van der Waals surface area contributed by atoms with Crippen molar-refractivity contribution in [2.24, 2.45) is 7.05 Å². The number of aromatic nitrogens is 5. The molecule has 0 spiro atoms. The van der Waals surface area contributed by atoms with Crippen molar-refractivity contribution in [3.63, 3.8) is 0 Å². The van der Waals surface area contributed by atoms with E-state index in [1.807, 2.05) is 22.9 Å². The lowest BCUT2D eigenvalue weighted by molar-refractivity contribution is 0.726. The van der Waals surface area contributed by atoms with E-state index < -0.39 is 0 Å². The summed E-state index contributed by atoms with van der Waals surface area (Å²) < 4.78 is 3.16. The fraction of sp³-hybridized carbons (Fsp3) is 0.143. The fourth-order valence-corrected chi connectivity index (χ4v) is 3.87. The molecule has 0 amide bonds. The number of fused-ring (bicyclic) bond motifs is 1. The molecule has 0 fully saturated rings. The van der Waals surface area contributed by atoms with Crippen molar-refractivity contribution in [2.75, 3.05) is 0 Å². The summed E-state index contributed by atoms with van der Waals surface area (Å²) in [6.07, 6.45) is 3.11. The van der Waals surface area contributed by atoms with Crippen LogP contribution in [0.15, 0.2) is 40.2 Å². The number of hydrogen-bond donors (Lipinski definition) is 0. The highest BCUT2D eigenvalue weighted by Crippen LogP contribution is 2.27. The SMILES string of the molecule is Cn1ncc2c(=O)n(Cc3csc(-c4cccs4)n3)cnc21. The van der Waals surface area contributed by atoms with Crippen LogP contribution in [0.25, 0.3) is 20.9 Å². The monoisotopic (exact) mass is 329 g/mol. The molecule has 0 saturated heterocycles. The molecule has 6 nitrogen and oxygen atoms in total. The van der Waals surface area contributed by atoms with Crippen molar-refractivity contribution >= 4 is 33.7 Å². The number of thiazole rings is 1. The minimum Gasteiger partial charge on any atom is -0.292 e. The zero-order chi connectivity index (χ0) is 15.1. The van der Waals surface area contributed by atoms with Gasteiger partial charge in [-0.05, 0) is 11.4 Å². The van der Waals surface area contributed by atoms with Crippen molar-refractivity contribution in [1.29, 1.82) is 0 Å². The van der Waals surface area contributed by atoms with Gasteiger partial charge in [-0.2, -0.15) is 5.10 Å². The van der Waals surface area contributed by atoms with Gasteiger partial charge in [-0.25, -0.2) is 9.97 Å². The number of rotatable bonds is 3. The van der Waals surface area contributed by atoms with Crippen molar-refractivity contribution < 1.29 is 0 Å². The van der Waals surface area contributed by atoms with Crippen LogP contribution in [0.4, 0.5) is 0 Å². The van der Waals surface area contributed by atoms with Crippen LogP contribution < -0.4 is 5.56 Å². The molecule has 4 aromatic heterocycles. The van der Waals surface area contributed by atoms with Crippen molar-refractivity contribution in [3.05, 3.63) is 51.5 Å². The lowest BCUT2D eigenvalue weighted by Crippen LogP contribution is -2.21. The summed E-state index contributed by atoms with van der Waals surface area (Å²) in [6.45, 7) is 0.415. The first-order chi connectivity index (χ1) is 10.7. The van der Waals surface area contributed by atoms with Crippen LogP contribution in [0.3, 0.4) is 0 Å². The summed E-state index contributed by atoms with van der Waals surface area (Å²) >= 11 is 3.25. The van der Waals surface area contributed by atoms with Gasteiger partial charge >= 0.3 is 0 Å². The Morgan fingerprint density at radius 3 is 3.05 bits per heavy atom. The molecular formula is C14H11N5OS2. The molecule has 0 aromatic carbocycles. The second-order valence-electron chi connectivity index (χ2n) is 4.80. The Kier molecular flexibility index (Phi) is 3.12. The second-order valence-corrected chi connectivity index (χ2v) is 6.61. The average molecular weight is 329 g/mol. The molecule has 0 atom stereocenters. The zero-order valence-corrected chi connectivity index (χ0v) is 13.3. The molecular weight excluding hydrogens is 318 g/mol. The maximum absolute atomic E-state index is 12.4. The van der Waals surface area contributed by atoms with E-state index in [0.29, 0.717) is 17.6 Å². The molecule has 4 heterocycles. The average Bonchev–Trinajstić information content (AvgIpc) is 3.23. The van der Waals surface area contributed by atoms with E-state index in [0.717, 1.165) is 15.6 Å². The molecule has 0 N–H and O–H groups in total. The lowest BCUT2D eigenvalue weighted by Gasteiger charge is -2.02. The summed E-state index contributed by atoms with van der Waals surface area (Å²) in [7, 11) is 1.77. The van der Waals surface area contributed by atoms with E-state index in [-0.39, 0.29) is 5.56 Å². The van der Waals surface area contributed by atoms with Gasteiger partial charge in [-0.3, -0.25) is 14.0 Å². The highest BCUT2D eigenvalue weighted by atomic mass is 32.1. The molecule has 0 unspecified atom stereocenters. The third kappa shape index (κ3) is 2.16. The molecule has 4 rings (SSSR count). The number of thiophene rings is 1. The lowest BCUT2D eigenvalue weighted by atomic mass is 10.4. The van der Waals surface area contributed by atoms with Crippen molar-refractivity contribution in [2.45, 2.75) is 6.54 Å². The van der Waals surface area contributed by atoms with E-state index in [1.165, 1.54) is 0 Å². The van der Waals surface area contributed by atoms with E-state index >= 15 is 0 Å². The topological polar surface area (TPSA) is 65.6 Å². The molecule has 22 heavy (non-hydrogen) atoms. The molecule has 8 heteroatoms. The first-order valence-corrected chi connectivity index (χ1v) is 8.34. The number of nitrogens with zero attached hydrogens (tertiary/aromatic N) is 5. The van der Waals surface area contributed by atoms with E-state index in [9.17, 15) is 4.79 Å². The summed E-state index contributed by atoms with van der Waals surface area (Å²) in [5, 5.41) is 9.59. The van der Waals surface area contributed by atoms with E-state index in [4.69, 9.17) is 0 Å². The Morgan fingerprint density at radius 2 is 2.23 bits per heavy atom. The molecule has 0 aliphatic rings. The zero-order valence-electron chi connectivity index (χ0n) is 11.6. The van der Waals surface area contributed by atoms with Gasteiger partial charge in [0, 0.05) is 12.4 Å². The summed E-state index contributed by atoms with van der Waals surface area (Å²) in [6, 6.07) is 4.05. The van der Waals surface area contributed by atoms with Gasteiger partial charge in [0.1, 0.15) is 16.7 Å². The van der Waals surface area contributed by atoms with Crippen LogP contribution in [0.1, 0.15) is 5.69 Å². The maximum atomic E-state index is 12.4. The third-order valence-electron chi connectivity index (χ3n) is 3.33. The summed E-state index contributed by atoms with van der Waals surface area (Å²) in [4.78, 5) is 22.5. The highest BCUT2D eigenvalue weighted by molar-refractivity contribution is 7.20. The quantitative estimate of drug-likeness (QED) is 0.579. The Morgan fingerprint density at radius 1 is 1.32 bits per heavy atom. The Labute approximate surface area is 133 Å². The van der Waals surface area contributed by atoms with Crippen LogP contribution in [0.5, 0.6) is 0 Å². The van der Waals surface area contributed by atoms with Gasteiger partial charge < -0.3 is 0 Å². The van der Waals surface area contributed by atoms with E-state index in [2.05, 4.69) is 15.1 Å². The van der Waals surface area contributed by atoms with Crippen LogP contribution in [-0.2, 0) is 13.6 Å². The second kappa shape index (κ2) is 5.15. The first kappa shape index (κ1) is 13.4. The van der Waals surface area contributed by atoms with Crippen LogP contribution >= 0.6 is 22.7 Å². The van der Waals surface area contributed by atoms with Gasteiger partial charge in [0.15, 0.2) is 5.65 Å². The van der Waals surface area contributed by atoms with Crippen molar-refractivity contribution in [3.8, 4) is 9.88 Å². The minimum atomic E-state index is -0.0937. The predicted octanol–water partition coefficient (Wildman–Crippen LogP) is 2.36. The third-order valence-corrected chi connectivity index (χ3v) is 5.26. The smallest absolute Gasteiger partial charge is 0.264 e. The molecule has 0 bridgehead atoms. The fourth-order valence-electron chi connectivity index (χ4n) is 2.25. The molecule has 0 aliphatic carbocycles. The predicted molar refractivity (Wildman–Crippen MR) is 87.3 cm³/mol.